The van der Waals surface area contributed by atoms with Gasteiger partial charge in [-0.05, 0) is 6.07 Å². The molecule has 1 aliphatic rings. The molecule has 0 spiro atoms. The maximum Gasteiger partial charge on any atom is 0.162 e. The number of rotatable bonds is 0. The highest BCUT2D eigenvalue weighted by atomic mass is 16.5. The van der Waals surface area contributed by atoms with E-state index in [1.54, 1.807) is 17.4 Å². The molecule has 2 rings (SSSR count). The van der Waals surface area contributed by atoms with Gasteiger partial charge in [0.05, 0.1) is 18.4 Å². The number of hydrazine groups is 1. The standard InChI is InChI=1S/C7H9N3O/c8-10-3-4-11-7-5-9-2-1-6(7)10/h1-2,5H,3-4,8H2. The number of nitrogens with two attached hydrogens (primary N) is 1. The summed E-state index contributed by atoms with van der Waals surface area (Å²) in [6, 6.07) is 1.84. The Morgan fingerprint density at radius 2 is 2.55 bits per heavy atom. The molecule has 1 aromatic heterocycles. The summed E-state index contributed by atoms with van der Waals surface area (Å²) >= 11 is 0. The molecule has 2 N–H and O–H groups in total. The van der Waals surface area contributed by atoms with E-state index in [1.165, 1.54) is 0 Å². The Morgan fingerprint density at radius 3 is 3.36 bits per heavy atom. The molecule has 0 fully saturated rings. The summed E-state index contributed by atoms with van der Waals surface area (Å²) in [6.45, 7) is 1.37. The number of nitrogens with zero attached hydrogens (tertiary/aromatic N) is 2. The summed E-state index contributed by atoms with van der Waals surface area (Å²) in [5.41, 5.74) is 0.909. The predicted octanol–water partition coefficient (Wildman–Crippen LogP) is 0.154. The summed E-state index contributed by atoms with van der Waals surface area (Å²) < 4.78 is 5.31. The molecular weight excluding hydrogens is 142 g/mol. The number of aromatic nitrogens is 1. The van der Waals surface area contributed by atoms with Crippen LogP contribution in [0.1, 0.15) is 0 Å². The van der Waals surface area contributed by atoms with E-state index in [9.17, 15) is 0 Å². The summed E-state index contributed by atoms with van der Waals surface area (Å²) in [5, 5.41) is 1.67. The van der Waals surface area contributed by atoms with E-state index in [4.69, 9.17) is 10.6 Å². The normalized spacial score (nSPS) is 15.5. The van der Waals surface area contributed by atoms with Crippen LogP contribution in [-0.4, -0.2) is 18.1 Å². The van der Waals surface area contributed by atoms with Crippen LogP contribution < -0.4 is 15.6 Å². The fourth-order valence-electron chi connectivity index (χ4n) is 1.10. The van der Waals surface area contributed by atoms with Crippen LogP contribution in [0.15, 0.2) is 18.5 Å². The SMILES string of the molecule is NN1CCOc2cnccc21. The van der Waals surface area contributed by atoms with Crippen molar-refractivity contribution < 1.29 is 4.74 Å². The molecule has 0 saturated carbocycles. The van der Waals surface area contributed by atoms with Crippen LogP contribution in [0.4, 0.5) is 5.69 Å². The predicted molar refractivity (Wildman–Crippen MR) is 41.3 cm³/mol. The topological polar surface area (TPSA) is 51.4 Å². The maximum absolute atomic E-state index is 5.67. The lowest BCUT2D eigenvalue weighted by molar-refractivity contribution is 0.307. The number of pyridine rings is 1. The second kappa shape index (κ2) is 2.39. The molecule has 0 bridgehead atoms. The van der Waals surface area contributed by atoms with Crippen LogP contribution in [-0.2, 0) is 0 Å². The number of ether oxygens (including phenoxy) is 1. The molecule has 11 heavy (non-hydrogen) atoms. The van der Waals surface area contributed by atoms with Crippen molar-refractivity contribution in [2.75, 3.05) is 18.2 Å². The van der Waals surface area contributed by atoms with E-state index < -0.39 is 0 Å². The van der Waals surface area contributed by atoms with E-state index in [1.807, 2.05) is 6.07 Å². The van der Waals surface area contributed by atoms with Gasteiger partial charge in [0.2, 0.25) is 0 Å². The van der Waals surface area contributed by atoms with E-state index in [0.717, 1.165) is 18.0 Å². The Labute approximate surface area is 64.6 Å². The molecule has 4 nitrogen and oxygen atoms in total. The van der Waals surface area contributed by atoms with Gasteiger partial charge in [-0.15, -0.1) is 0 Å². The highest BCUT2D eigenvalue weighted by Gasteiger charge is 2.13. The third kappa shape index (κ3) is 1.01. The van der Waals surface area contributed by atoms with Gasteiger partial charge in [-0.2, -0.15) is 0 Å². The average molecular weight is 151 g/mol. The van der Waals surface area contributed by atoms with Crippen molar-refractivity contribution in [3.8, 4) is 5.75 Å². The first-order valence-corrected chi connectivity index (χ1v) is 3.47. The van der Waals surface area contributed by atoms with E-state index >= 15 is 0 Å². The maximum atomic E-state index is 5.67. The highest BCUT2D eigenvalue weighted by molar-refractivity contribution is 5.56. The van der Waals surface area contributed by atoms with Crippen LogP contribution >= 0.6 is 0 Å². The number of hydrogen-bond acceptors (Lipinski definition) is 4. The molecule has 4 heteroatoms. The molecule has 0 aromatic carbocycles. The summed E-state index contributed by atoms with van der Waals surface area (Å²) in [7, 11) is 0. The molecule has 2 heterocycles. The van der Waals surface area contributed by atoms with Crippen LogP contribution in [0, 0.1) is 0 Å². The molecule has 0 atom stereocenters. The molecule has 58 valence electrons. The Hall–Kier alpha value is -1.29. The smallest absolute Gasteiger partial charge is 0.162 e. The van der Waals surface area contributed by atoms with Gasteiger partial charge >= 0.3 is 0 Å². The van der Waals surface area contributed by atoms with Gasteiger partial charge in [0.15, 0.2) is 5.75 Å². The van der Waals surface area contributed by atoms with Crippen molar-refractivity contribution >= 4 is 5.69 Å². The third-order valence-corrected chi connectivity index (χ3v) is 1.66. The first kappa shape index (κ1) is 6.42. The second-order valence-electron chi connectivity index (χ2n) is 2.39. The molecule has 0 saturated heterocycles. The number of fused-ring (bicyclic) bond motifs is 1. The van der Waals surface area contributed by atoms with Crippen LogP contribution in [0.3, 0.4) is 0 Å². The highest BCUT2D eigenvalue weighted by Crippen LogP contribution is 2.27. The summed E-state index contributed by atoms with van der Waals surface area (Å²) in [6.07, 6.45) is 3.38. The van der Waals surface area contributed by atoms with Gasteiger partial charge in [0, 0.05) is 6.20 Å². The zero-order valence-electron chi connectivity index (χ0n) is 6.03. The largest absolute Gasteiger partial charge is 0.488 e. The number of hydrogen-bond donors (Lipinski definition) is 1. The minimum absolute atomic E-state index is 0.634. The fraction of sp³-hybridized carbons (Fsp3) is 0.286. The Morgan fingerprint density at radius 1 is 1.64 bits per heavy atom. The van der Waals surface area contributed by atoms with Crippen molar-refractivity contribution in [3.63, 3.8) is 0 Å². The number of anilines is 1. The monoisotopic (exact) mass is 151 g/mol. The van der Waals surface area contributed by atoms with Crippen molar-refractivity contribution in [2.45, 2.75) is 0 Å². The zero-order valence-corrected chi connectivity index (χ0v) is 6.03. The Balaban J connectivity index is 2.44. The van der Waals surface area contributed by atoms with Crippen LogP contribution in [0.5, 0.6) is 5.75 Å². The molecular formula is C7H9N3O. The van der Waals surface area contributed by atoms with Crippen molar-refractivity contribution in [1.29, 1.82) is 0 Å². The zero-order chi connectivity index (χ0) is 7.68. The molecule has 1 aliphatic heterocycles. The minimum atomic E-state index is 0.634. The van der Waals surface area contributed by atoms with Gasteiger partial charge in [0.25, 0.3) is 0 Å². The average Bonchev–Trinajstić information content (AvgIpc) is 2.06. The second-order valence-corrected chi connectivity index (χ2v) is 2.39. The first-order valence-electron chi connectivity index (χ1n) is 3.47. The molecule has 0 unspecified atom stereocenters. The molecule has 0 amide bonds. The first-order chi connectivity index (χ1) is 5.38. The lowest BCUT2D eigenvalue weighted by Crippen LogP contribution is -2.38. The molecule has 0 radical (unpaired) electrons. The van der Waals surface area contributed by atoms with Gasteiger partial charge in [0.1, 0.15) is 6.61 Å². The Kier molecular flexibility index (Phi) is 1.40. The summed E-state index contributed by atoms with van der Waals surface area (Å²) in [4.78, 5) is 3.93. The Bertz CT molecular complexity index is 264. The van der Waals surface area contributed by atoms with Crippen molar-refractivity contribution in [3.05, 3.63) is 18.5 Å². The lowest BCUT2D eigenvalue weighted by Gasteiger charge is -2.26. The quantitative estimate of drug-likeness (QED) is 0.536. The van der Waals surface area contributed by atoms with Gasteiger partial charge in [-0.1, -0.05) is 0 Å². The minimum Gasteiger partial charge on any atom is -0.488 e. The summed E-state index contributed by atoms with van der Waals surface area (Å²) in [5.74, 6) is 6.44. The molecule has 1 aromatic rings. The van der Waals surface area contributed by atoms with Gasteiger partial charge < -0.3 is 9.75 Å². The van der Waals surface area contributed by atoms with Gasteiger partial charge in [-0.3, -0.25) is 4.98 Å². The van der Waals surface area contributed by atoms with Crippen molar-refractivity contribution in [2.24, 2.45) is 5.84 Å². The van der Waals surface area contributed by atoms with Gasteiger partial charge in [-0.25, -0.2) is 5.84 Å². The van der Waals surface area contributed by atoms with E-state index in [0.29, 0.717) is 6.61 Å². The van der Waals surface area contributed by atoms with Crippen LogP contribution in [0.25, 0.3) is 0 Å². The molecule has 0 aliphatic carbocycles. The lowest BCUT2D eigenvalue weighted by atomic mass is 10.3. The fourth-order valence-corrected chi connectivity index (χ4v) is 1.10. The third-order valence-electron chi connectivity index (χ3n) is 1.66. The van der Waals surface area contributed by atoms with E-state index in [2.05, 4.69) is 4.98 Å². The van der Waals surface area contributed by atoms with E-state index in [-0.39, 0.29) is 0 Å². The van der Waals surface area contributed by atoms with Crippen LogP contribution in [0.2, 0.25) is 0 Å². The van der Waals surface area contributed by atoms with Crippen molar-refractivity contribution in [1.82, 2.24) is 4.98 Å².